The second-order valence-corrected chi connectivity index (χ2v) is 4.87. The quantitative estimate of drug-likeness (QED) is 0.887. The molecule has 0 unspecified atom stereocenters. The van der Waals surface area contributed by atoms with Crippen molar-refractivity contribution in [3.05, 3.63) is 59.2 Å². The lowest BCUT2D eigenvalue weighted by molar-refractivity contribution is 0.180. The summed E-state index contributed by atoms with van der Waals surface area (Å²) in [6.07, 6.45) is 1.39. The number of aliphatic hydroxyl groups excluding tert-OH is 1. The average Bonchev–Trinajstić information content (AvgIpc) is 2.79. The maximum atomic E-state index is 9.74. The van der Waals surface area contributed by atoms with E-state index in [1.807, 2.05) is 30.3 Å². The Balaban J connectivity index is 1.69. The Labute approximate surface area is 112 Å². The molecule has 2 aromatic rings. The van der Waals surface area contributed by atoms with E-state index >= 15 is 0 Å². The third kappa shape index (κ3) is 2.56. The summed E-state index contributed by atoms with van der Waals surface area (Å²) in [5.41, 5.74) is 3.21. The topological polar surface area (TPSA) is 49.7 Å². The fraction of sp³-hybridized carbons (Fsp3) is 0.250. The van der Waals surface area contributed by atoms with E-state index < -0.39 is 0 Å². The summed E-state index contributed by atoms with van der Waals surface area (Å²) in [5.74, 6) is 1.08. The number of phenolic OH excluding ortho intramolecular Hbond substituents is 1. The molecule has 19 heavy (non-hydrogen) atoms. The van der Waals surface area contributed by atoms with E-state index in [9.17, 15) is 10.2 Å². The minimum atomic E-state index is -0.318. The molecule has 0 fully saturated rings. The maximum absolute atomic E-state index is 9.74. The van der Waals surface area contributed by atoms with Crippen LogP contribution >= 0.6 is 0 Å². The molecule has 0 radical (unpaired) electrons. The molecule has 2 aromatic carbocycles. The van der Waals surface area contributed by atoms with Crippen molar-refractivity contribution in [3.8, 4) is 11.5 Å². The second kappa shape index (κ2) is 4.94. The molecular formula is C16H16O3. The van der Waals surface area contributed by atoms with Gasteiger partial charge in [-0.1, -0.05) is 18.2 Å². The molecule has 0 heterocycles. The lowest BCUT2D eigenvalue weighted by Gasteiger charge is -2.09. The Hall–Kier alpha value is -2.00. The summed E-state index contributed by atoms with van der Waals surface area (Å²) >= 11 is 0. The Morgan fingerprint density at radius 3 is 2.68 bits per heavy atom. The van der Waals surface area contributed by atoms with Crippen LogP contribution in [-0.4, -0.2) is 10.2 Å². The summed E-state index contributed by atoms with van der Waals surface area (Å²) in [6, 6.07) is 12.8. The van der Waals surface area contributed by atoms with Crippen LogP contribution in [0.15, 0.2) is 42.5 Å². The highest BCUT2D eigenvalue weighted by atomic mass is 16.5. The summed E-state index contributed by atoms with van der Waals surface area (Å²) in [7, 11) is 0. The standard InChI is InChI=1S/C16H16O3/c17-13-4-1-11(2-5-13)10-19-14-6-7-15-12(9-14)3-8-16(15)18/h1-2,4-7,9,16-18H,3,8,10H2/t16-/m0/s1. The number of rotatable bonds is 3. The summed E-state index contributed by atoms with van der Waals surface area (Å²) in [4.78, 5) is 0. The number of hydrogen-bond donors (Lipinski definition) is 2. The number of aliphatic hydroxyl groups is 1. The minimum absolute atomic E-state index is 0.260. The molecule has 1 aliphatic carbocycles. The van der Waals surface area contributed by atoms with Gasteiger partial charge in [0.1, 0.15) is 18.1 Å². The Morgan fingerprint density at radius 1 is 1.11 bits per heavy atom. The van der Waals surface area contributed by atoms with E-state index in [1.54, 1.807) is 12.1 Å². The van der Waals surface area contributed by atoms with Crippen molar-refractivity contribution in [3.63, 3.8) is 0 Å². The van der Waals surface area contributed by atoms with Gasteiger partial charge >= 0.3 is 0 Å². The summed E-state index contributed by atoms with van der Waals surface area (Å²) in [5, 5.41) is 18.9. The van der Waals surface area contributed by atoms with Crippen molar-refractivity contribution in [2.24, 2.45) is 0 Å². The fourth-order valence-electron chi connectivity index (χ4n) is 2.42. The molecule has 0 aliphatic heterocycles. The van der Waals surface area contributed by atoms with Crippen LogP contribution < -0.4 is 4.74 Å². The van der Waals surface area contributed by atoms with Crippen LogP contribution in [0.2, 0.25) is 0 Å². The fourth-order valence-corrected chi connectivity index (χ4v) is 2.42. The smallest absolute Gasteiger partial charge is 0.120 e. The van der Waals surface area contributed by atoms with Crippen molar-refractivity contribution < 1.29 is 14.9 Å². The van der Waals surface area contributed by atoms with Gasteiger partial charge in [-0.2, -0.15) is 0 Å². The molecule has 3 rings (SSSR count). The number of aryl methyl sites for hydroxylation is 1. The minimum Gasteiger partial charge on any atom is -0.508 e. The van der Waals surface area contributed by atoms with E-state index in [4.69, 9.17) is 4.74 Å². The van der Waals surface area contributed by atoms with E-state index in [0.29, 0.717) is 6.61 Å². The highest BCUT2D eigenvalue weighted by Crippen LogP contribution is 2.33. The summed E-state index contributed by atoms with van der Waals surface area (Å²) in [6.45, 7) is 0.474. The zero-order valence-electron chi connectivity index (χ0n) is 10.5. The van der Waals surface area contributed by atoms with E-state index in [0.717, 1.165) is 29.7 Å². The Bertz CT molecular complexity index is 575. The van der Waals surface area contributed by atoms with Gasteiger partial charge in [0.15, 0.2) is 0 Å². The van der Waals surface area contributed by atoms with Crippen molar-refractivity contribution in [2.75, 3.05) is 0 Å². The Morgan fingerprint density at radius 2 is 1.89 bits per heavy atom. The third-order valence-electron chi connectivity index (χ3n) is 3.50. The number of phenols is 1. The molecular weight excluding hydrogens is 240 g/mol. The molecule has 1 atom stereocenters. The molecule has 3 nitrogen and oxygen atoms in total. The molecule has 0 amide bonds. The molecule has 0 bridgehead atoms. The number of benzene rings is 2. The maximum Gasteiger partial charge on any atom is 0.120 e. The lowest BCUT2D eigenvalue weighted by atomic mass is 10.1. The van der Waals surface area contributed by atoms with Crippen LogP contribution in [0.4, 0.5) is 0 Å². The van der Waals surface area contributed by atoms with Crippen LogP contribution in [0.1, 0.15) is 29.2 Å². The summed E-state index contributed by atoms with van der Waals surface area (Å²) < 4.78 is 5.73. The molecule has 2 N–H and O–H groups in total. The van der Waals surface area contributed by atoms with Gasteiger partial charge in [0.25, 0.3) is 0 Å². The molecule has 3 heteroatoms. The third-order valence-corrected chi connectivity index (χ3v) is 3.50. The van der Waals surface area contributed by atoms with E-state index in [-0.39, 0.29) is 11.9 Å². The monoisotopic (exact) mass is 256 g/mol. The van der Waals surface area contributed by atoms with E-state index in [1.165, 1.54) is 5.56 Å². The van der Waals surface area contributed by atoms with Gasteiger partial charge in [0.2, 0.25) is 0 Å². The van der Waals surface area contributed by atoms with E-state index in [2.05, 4.69) is 0 Å². The van der Waals surface area contributed by atoms with Gasteiger partial charge in [-0.15, -0.1) is 0 Å². The number of fused-ring (bicyclic) bond motifs is 1. The van der Waals surface area contributed by atoms with Gasteiger partial charge in [-0.05, 0) is 53.8 Å². The van der Waals surface area contributed by atoms with Gasteiger partial charge in [-0.3, -0.25) is 0 Å². The molecule has 0 aromatic heterocycles. The van der Waals surface area contributed by atoms with Gasteiger partial charge in [-0.25, -0.2) is 0 Å². The number of aromatic hydroxyl groups is 1. The SMILES string of the molecule is Oc1ccc(COc2ccc3c(c2)CC[C@@H]3O)cc1. The van der Waals surface area contributed by atoms with Gasteiger partial charge in [0, 0.05) is 0 Å². The zero-order chi connectivity index (χ0) is 13.2. The normalized spacial score (nSPS) is 17.2. The molecule has 0 saturated carbocycles. The molecule has 1 aliphatic rings. The van der Waals surface area contributed by atoms with Crippen LogP contribution in [0, 0.1) is 0 Å². The van der Waals surface area contributed by atoms with Crippen molar-refractivity contribution >= 4 is 0 Å². The first kappa shape index (κ1) is 12.1. The first-order valence-electron chi connectivity index (χ1n) is 6.44. The number of ether oxygens (including phenoxy) is 1. The lowest BCUT2D eigenvalue weighted by Crippen LogP contribution is -1.96. The first-order chi connectivity index (χ1) is 9.22. The van der Waals surface area contributed by atoms with Gasteiger partial charge < -0.3 is 14.9 Å². The van der Waals surface area contributed by atoms with Crippen LogP contribution in [-0.2, 0) is 13.0 Å². The second-order valence-electron chi connectivity index (χ2n) is 4.87. The largest absolute Gasteiger partial charge is 0.508 e. The molecule has 0 spiro atoms. The average molecular weight is 256 g/mol. The highest BCUT2D eigenvalue weighted by Gasteiger charge is 2.20. The van der Waals surface area contributed by atoms with Crippen LogP contribution in [0.3, 0.4) is 0 Å². The zero-order valence-corrected chi connectivity index (χ0v) is 10.5. The van der Waals surface area contributed by atoms with Crippen molar-refractivity contribution in [2.45, 2.75) is 25.6 Å². The van der Waals surface area contributed by atoms with Crippen LogP contribution in [0.5, 0.6) is 11.5 Å². The molecule has 98 valence electrons. The Kier molecular flexibility index (Phi) is 3.13. The molecule has 0 saturated heterocycles. The predicted octanol–water partition coefficient (Wildman–Crippen LogP) is 2.95. The van der Waals surface area contributed by atoms with Crippen molar-refractivity contribution in [1.29, 1.82) is 0 Å². The van der Waals surface area contributed by atoms with Crippen molar-refractivity contribution in [1.82, 2.24) is 0 Å². The van der Waals surface area contributed by atoms with Gasteiger partial charge in [0.05, 0.1) is 6.10 Å². The highest BCUT2D eigenvalue weighted by molar-refractivity contribution is 5.40. The predicted molar refractivity (Wildman–Crippen MR) is 72.2 cm³/mol. The number of hydrogen-bond acceptors (Lipinski definition) is 3. The van der Waals surface area contributed by atoms with Crippen LogP contribution in [0.25, 0.3) is 0 Å². The first-order valence-corrected chi connectivity index (χ1v) is 6.44.